The molecule has 1 amide bonds. The molecule has 1 N–H and O–H groups in total. The minimum Gasteiger partial charge on any atom is -0.507 e. The SMILES string of the molecule is CCOc1cccc([C@@H]2/C(=C(\O)c3ccc4c(c3)C[C@@H](C)O4)C(=O)C(=O)N2CCCN(CC)CC)c1. The summed E-state index contributed by atoms with van der Waals surface area (Å²) in [6.07, 6.45) is 1.52. The number of aliphatic hydroxyl groups excluding tert-OH is 1. The number of aliphatic hydroxyl groups is 1. The lowest BCUT2D eigenvalue weighted by molar-refractivity contribution is -0.140. The number of benzene rings is 2. The number of carbonyl (C=O) groups excluding carboxylic acids is 2. The van der Waals surface area contributed by atoms with Gasteiger partial charge < -0.3 is 24.4 Å². The molecule has 7 nitrogen and oxygen atoms in total. The van der Waals surface area contributed by atoms with E-state index in [4.69, 9.17) is 9.47 Å². The van der Waals surface area contributed by atoms with E-state index in [1.54, 1.807) is 11.0 Å². The number of amides is 1. The van der Waals surface area contributed by atoms with Crippen molar-refractivity contribution in [1.29, 1.82) is 0 Å². The lowest BCUT2D eigenvalue weighted by Gasteiger charge is -2.27. The molecule has 4 rings (SSSR count). The Kier molecular flexibility index (Phi) is 7.99. The van der Waals surface area contributed by atoms with Crippen LogP contribution in [0.4, 0.5) is 0 Å². The molecule has 2 aromatic rings. The highest BCUT2D eigenvalue weighted by molar-refractivity contribution is 6.46. The van der Waals surface area contributed by atoms with E-state index in [9.17, 15) is 14.7 Å². The predicted molar refractivity (Wildman–Crippen MR) is 139 cm³/mol. The normalized spacial score (nSPS) is 20.6. The molecule has 192 valence electrons. The van der Waals surface area contributed by atoms with Crippen LogP contribution in [0, 0.1) is 0 Å². The predicted octanol–water partition coefficient (Wildman–Crippen LogP) is 4.56. The van der Waals surface area contributed by atoms with E-state index in [2.05, 4.69) is 18.7 Å². The van der Waals surface area contributed by atoms with E-state index in [0.29, 0.717) is 24.5 Å². The van der Waals surface area contributed by atoms with E-state index in [0.717, 1.165) is 49.4 Å². The zero-order chi connectivity index (χ0) is 25.8. The van der Waals surface area contributed by atoms with Crippen LogP contribution in [0.25, 0.3) is 5.76 Å². The van der Waals surface area contributed by atoms with E-state index < -0.39 is 17.7 Å². The summed E-state index contributed by atoms with van der Waals surface area (Å²) in [5.41, 5.74) is 2.35. The lowest BCUT2D eigenvalue weighted by atomic mass is 9.94. The fraction of sp³-hybridized carbons (Fsp3) is 0.448. The van der Waals surface area contributed by atoms with Gasteiger partial charge >= 0.3 is 0 Å². The third-order valence-electron chi connectivity index (χ3n) is 6.96. The average molecular weight is 493 g/mol. The summed E-state index contributed by atoms with van der Waals surface area (Å²) in [5, 5.41) is 11.4. The first-order valence-corrected chi connectivity index (χ1v) is 12.9. The van der Waals surface area contributed by atoms with Crippen LogP contribution >= 0.6 is 0 Å². The van der Waals surface area contributed by atoms with Crippen molar-refractivity contribution in [2.24, 2.45) is 0 Å². The molecule has 36 heavy (non-hydrogen) atoms. The molecule has 0 saturated carbocycles. The zero-order valence-electron chi connectivity index (χ0n) is 21.6. The number of Topliss-reactive ketones (excluding diaryl/α,β-unsaturated/α-hetero) is 1. The highest BCUT2D eigenvalue weighted by Crippen LogP contribution is 2.41. The number of hydrogen-bond donors (Lipinski definition) is 1. The highest BCUT2D eigenvalue weighted by atomic mass is 16.5. The zero-order valence-corrected chi connectivity index (χ0v) is 21.6. The summed E-state index contributed by atoms with van der Waals surface area (Å²) < 4.78 is 11.5. The number of hydrogen-bond acceptors (Lipinski definition) is 6. The molecule has 2 aliphatic heterocycles. The minimum atomic E-state index is -0.689. The van der Waals surface area contributed by atoms with Crippen LogP contribution in [0.1, 0.15) is 56.8 Å². The number of fused-ring (bicyclic) bond motifs is 1. The lowest BCUT2D eigenvalue weighted by Crippen LogP contribution is -2.33. The molecule has 0 unspecified atom stereocenters. The number of nitrogens with zero attached hydrogens (tertiary/aromatic N) is 2. The molecule has 7 heteroatoms. The Balaban J connectivity index is 1.75. The molecule has 2 aromatic carbocycles. The van der Waals surface area contributed by atoms with Gasteiger partial charge in [0.15, 0.2) is 0 Å². The maximum atomic E-state index is 13.3. The Morgan fingerprint density at radius 2 is 1.92 bits per heavy atom. The van der Waals surface area contributed by atoms with Gasteiger partial charge in [-0.1, -0.05) is 26.0 Å². The Morgan fingerprint density at radius 1 is 1.14 bits per heavy atom. The van der Waals surface area contributed by atoms with Gasteiger partial charge in [-0.3, -0.25) is 9.59 Å². The van der Waals surface area contributed by atoms with E-state index in [-0.39, 0.29) is 17.4 Å². The number of ketones is 1. The van der Waals surface area contributed by atoms with Crippen LogP contribution in [-0.2, 0) is 16.0 Å². The second-order valence-corrected chi connectivity index (χ2v) is 9.33. The van der Waals surface area contributed by atoms with Gasteiger partial charge in [-0.15, -0.1) is 0 Å². The van der Waals surface area contributed by atoms with Gasteiger partial charge in [-0.2, -0.15) is 0 Å². The van der Waals surface area contributed by atoms with Crippen LogP contribution in [0.2, 0.25) is 0 Å². The van der Waals surface area contributed by atoms with Gasteiger partial charge in [0.05, 0.1) is 18.2 Å². The molecule has 1 fully saturated rings. The molecule has 2 aliphatic rings. The van der Waals surface area contributed by atoms with Crippen molar-refractivity contribution < 1.29 is 24.2 Å². The van der Waals surface area contributed by atoms with Crippen molar-refractivity contribution in [2.75, 3.05) is 32.8 Å². The maximum absolute atomic E-state index is 13.3. The smallest absolute Gasteiger partial charge is 0.295 e. The summed E-state index contributed by atoms with van der Waals surface area (Å²) in [6.45, 7) is 11.7. The first-order chi connectivity index (χ1) is 17.4. The second-order valence-electron chi connectivity index (χ2n) is 9.33. The van der Waals surface area contributed by atoms with Crippen LogP contribution < -0.4 is 9.47 Å². The van der Waals surface area contributed by atoms with Gasteiger partial charge in [0.2, 0.25) is 0 Å². The molecule has 0 spiro atoms. The first-order valence-electron chi connectivity index (χ1n) is 12.9. The molecule has 0 aromatic heterocycles. The fourth-order valence-electron chi connectivity index (χ4n) is 5.13. The third-order valence-corrected chi connectivity index (χ3v) is 6.96. The molecule has 2 heterocycles. The summed E-state index contributed by atoms with van der Waals surface area (Å²) in [6, 6.07) is 12.2. The molecule has 0 bridgehead atoms. The Bertz CT molecular complexity index is 1150. The van der Waals surface area contributed by atoms with Crippen molar-refractivity contribution in [1.82, 2.24) is 9.80 Å². The number of ether oxygens (including phenoxy) is 2. The number of rotatable bonds is 10. The average Bonchev–Trinajstić information content (AvgIpc) is 3.37. The fourth-order valence-corrected chi connectivity index (χ4v) is 5.13. The molecular weight excluding hydrogens is 456 g/mol. The van der Waals surface area contributed by atoms with E-state index in [1.165, 1.54) is 0 Å². The van der Waals surface area contributed by atoms with Crippen molar-refractivity contribution in [3.63, 3.8) is 0 Å². The van der Waals surface area contributed by atoms with Gasteiger partial charge in [-0.25, -0.2) is 0 Å². The van der Waals surface area contributed by atoms with Gasteiger partial charge in [0.1, 0.15) is 23.4 Å². The summed E-state index contributed by atoms with van der Waals surface area (Å²) in [7, 11) is 0. The Labute approximate surface area is 213 Å². The molecular formula is C29H36N2O5. The van der Waals surface area contributed by atoms with Crippen LogP contribution in [0.5, 0.6) is 11.5 Å². The van der Waals surface area contributed by atoms with Crippen LogP contribution in [0.15, 0.2) is 48.0 Å². The van der Waals surface area contributed by atoms with Crippen molar-refractivity contribution in [3.05, 3.63) is 64.7 Å². The van der Waals surface area contributed by atoms with Gasteiger partial charge in [0.25, 0.3) is 11.7 Å². The van der Waals surface area contributed by atoms with Crippen molar-refractivity contribution in [2.45, 2.75) is 52.7 Å². The van der Waals surface area contributed by atoms with Crippen LogP contribution in [0.3, 0.4) is 0 Å². The number of likely N-dealkylation sites (tertiary alicyclic amines) is 1. The Hall–Kier alpha value is -3.32. The molecule has 2 atom stereocenters. The van der Waals surface area contributed by atoms with Gasteiger partial charge in [-0.05, 0) is 81.4 Å². The summed E-state index contributed by atoms with van der Waals surface area (Å²) in [5.74, 6) is 0.0475. The molecule has 0 radical (unpaired) electrons. The van der Waals surface area contributed by atoms with E-state index in [1.807, 2.05) is 50.2 Å². The third kappa shape index (κ3) is 5.12. The quantitative estimate of drug-likeness (QED) is 0.298. The summed E-state index contributed by atoms with van der Waals surface area (Å²) >= 11 is 0. The van der Waals surface area contributed by atoms with Crippen molar-refractivity contribution in [3.8, 4) is 11.5 Å². The largest absolute Gasteiger partial charge is 0.507 e. The summed E-state index contributed by atoms with van der Waals surface area (Å²) in [4.78, 5) is 30.5. The molecule has 1 saturated heterocycles. The van der Waals surface area contributed by atoms with Crippen LogP contribution in [-0.4, -0.2) is 65.5 Å². The topological polar surface area (TPSA) is 79.3 Å². The monoisotopic (exact) mass is 492 g/mol. The maximum Gasteiger partial charge on any atom is 0.295 e. The first kappa shape index (κ1) is 25.8. The highest BCUT2D eigenvalue weighted by Gasteiger charge is 2.46. The Morgan fingerprint density at radius 3 is 2.64 bits per heavy atom. The number of carbonyl (C=O) groups is 2. The molecule has 0 aliphatic carbocycles. The van der Waals surface area contributed by atoms with Gasteiger partial charge in [0, 0.05) is 18.5 Å². The van der Waals surface area contributed by atoms with Crippen molar-refractivity contribution >= 4 is 17.4 Å². The second kappa shape index (κ2) is 11.2. The van der Waals surface area contributed by atoms with E-state index >= 15 is 0 Å². The standard InChI is InChI=1S/C29H36N2O5/c1-5-30(6-2)14-9-15-31-26(20-10-8-11-23(18-20)35-7-3)25(28(33)29(31)34)27(32)21-12-13-24-22(17-21)16-19(4)36-24/h8,10-13,17-19,26,32H,5-7,9,14-16H2,1-4H3/b27-25+/t19-,26-/m1/s1. The minimum absolute atomic E-state index is 0.0649.